The van der Waals surface area contributed by atoms with Gasteiger partial charge in [0.15, 0.2) is 28.8 Å². The SMILES string of the molecule is CCC1CCC2C(C1)C1C=CC(=O)C3(Cc4ccc(O)c(OC)c4)CCCC3CC#CNC(=NC)Nc3cc(cc4c3OC#CCC3CC(CNC)(CC3CC3(O)CCC5CCCC5O3)O4)C13CCCC3C2CCCO. The number of fused-ring (bicyclic) bond motifs is 10. The van der Waals surface area contributed by atoms with E-state index < -0.39 is 16.8 Å². The van der Waals surface area contributed by atoms with Crippen LogP contribution >= 0.6 is 0 Å². The summed E-state index contributed by atoms with van der Waals surface area (Å²) >= 11 is 0. The fraction of sp³-hybridized carbons (Fsp3) is 0.688. The van der Waals surface area contributed by atoms with Crippen LogP contribution in [0.1, 0.15) is 159 Å². The highest BCUT2D eigenvalue weighted by atomic mass is 16.6. The van der Waals surface area contributed by atoms with Crippen molar-refractivity contribution in [3.63, 3.8) is 0 Å². The number of carbonyl (C=O) groups is 1. The van der Waals surface area contributed by atoms with Crippen molar-refractivity contribution >= 4 is 17.4 Å². The largest absolute Gasteiger partial charge is 0.504 e. The number of carbonyl (C=O) groups excluding carboxylic acids is 1. The molecule has 15 atom stereocenters. The van der Waals surface area contributed by atoms with Gasteiger partial charge in [0.2, 0.25) is 11.7 Å². The molecule has 6 saturated carbocycles. The Morgan fingerprint density at radius 1 is 0.961 bits per heavy atom. The van der Waals surface area contributed by atoms with Gasteiger partial charge in [-0.1, -0.05) is 63.0 Å². The number of aliphatic hydroxyl groups excluding tert-OH is 1. The lowest BCUT2D eigenvalue weighted by Crippen LogP contribution is -2.55. The van der Waals surface area contributed by atoms with Crippen molar-refractivity contribution in [3.05, 3.63) is 53.6 Å². The molecule has 1 spiro atoms. The normalized spacial score (nSPS) is 38.9. The second kappa shape index (κ2) is 22.2. The molecule has 2 aromatic rings. The fourth-order valence-electron chi connectivity index (χ4n) is 18.1. The number of hydrogen-bond acceptors (Lipinski definition) is 10. The Bertz CT molecular complexity index is 2650. The van der Waals surface area contributed by atoms with E-state index in [0.29, 0.717) is 103 Å². The Hall–Kier alpha value is -4.72. The third-order valence-electron chi connectivity index (χ3n) is 21.4. The number of aliphatic hydroxyl groups is 2. The first-order valence-electron chi connectivity index (χ1n) is 29.7. The van der Waals surface area contributed by atoms with Crippen LogP contribution < -0.4 is 30.2 Å². The quantitative estimate of drug-likeness (QED) is 0.119. The van der Waals surface area contributed by atoms with Gasteiger partial charge in [-0.25, -0.2) is 0 Å². The van der Waals surface area contributed by atoms with Crippen LogP contribution in [0.4, 0.5) is 5.69 Å². The van der Waals surface area contributed by atoms with E-state index in [-0.39, 0.29) is 53.3 Å². The molecular weight excluding hydrogens is 953 g/mol. The molecule has 3 heterocycles. The van der Waals surface area contributed by atoms with Crippen LogP contribution in [0.5, 0.6) is 23.0 Å². The number of ketones is 1. The van der Waals surface area contributed by atoms with Gasteiger partial charge in [-0.15, -0.1) is 0 Å². The molecule has 6 aliphatic carbocycles. The van der Waals surface area contributed by atoms with Gasteiger partial charge >= 0.3 is 0 Å². The highest BCUT2D eigenvalue weighted by Crippen LogP contribution is 2.67. The lowest BCUT2D eigenvalue weighted by molar-refractivity contribution is -0.271. The monoisotopic (exact) mass is 1040 g/mol. The van der Waals surface area contributed by atoms with Crippen LogP contribution in [0.15, 0.2) is 47.5 Å². The first kappa shape index (κ1) is 53.3. The van der Waals surface area contributed by atoms with Crippen molar-refractivity contribution < 1.29 is 39.1 Å². The minimum atomic E-state index is -1.16. The third kappa shape index (κ3) is 9.94. The number of rotatable bonds is 11. The summed E-state index contributed by atoms with van der Waals surface area (Å²) in [5.74, 6) is 11.0. The molecule has 3 aliphatic heterocycles. The van der Waals surface area contributed by atoms with Crippen molar-refractivity contribution in [2.45, 2.75) is 178 Å². The number of anilines is 1. The van der Waals surface area contributed by atoms with Crippen molar-refractivity contribution in [2.24, 2.45) is 69.6 Å². The van der Waals surface area contributed by atoms with Crippen LogP contribution in [-0.4, -0.2) is 78.9 Å². The van der Waals surface area contributed by atoms with Gasteiger partial charge in [0.05, 0.1) is 18.9 Å². The Morgan fingerprint density at radius 3 is 2.67 bits per heavy atom. The Morgan fingerprint density at radius 2 is 1.84 bits per heavy atom. The molecule has 12 heteroatoms. The molecule has 6 N–H and O–H groups in total. The van der Waals surface area contributed by atoms with Gasteiger partial charge in [-0.2, -0.15) is 0 Å². The van der Waals surface area contributed by atoms with Crippen molar-refractivity contribution in [3.8, 4) is 47.0 Å². The number of ether oxygens (including phenoxy) is 4. The van der Waals surface area contributed by atoms with Gasteiger partial charge in [0.25, 0.3) is 0 Å². The average molecular weight is 1040 g/mol. The molecule has 1 saturated heterocycles. The highest BCUT2D eigenvalue weighted by Gasteiger charge is 2.62. The maximum Gasteiger partial charge on any atom is 0.207 e. The van der Waals surface area contributed by atoms with E-state index in [0.717, 1.165) is 95.5 Å². The number of aromatic hydroxyl groups is 1. The van der Waals surface area contributed by atoms with E-state index >= 15 is 4.79 Å². The van der Waals surface area contributed by atoms with Crippen LogP contribution in [0.3, 0.4) is 0 Å². The minimum Gasteiger partial charge on any atom is -0.504 e. The summed E-state index contributed by atoms with van der Waals surface area (Å²) in [5, 5.41) is 44.0. The number of methoxy groups -OCH3 is 1. The summed E-state index contributed by atoms with van der Waals surface area (Å²) in [5.41, 5.74) is 1.14. The molecule has 0 radical (unpaired) electrons. The molecule has 12 nitrogen and oxygen atoms in total. The Kier molecular flexibility index (Phi) is 15.6. The average Bonchev–Trinajstić information content (AvgIpc) is 4.29. The maximum atomic E-state index is 15.8. The Labute approximate surface area is 452 Å². The number of phenols is 1. The number of likely N-dealkylation sites (N-methyl/N-ethyl adjacent to an activating group) is 1. The van der Waals surface area contributed by atoms with Gasteiger partial charge in [0.1, 0.15) is 11.7 Å². The second-order valence-electron chi connectivity index (χ2n) is 25.2. The first-order chi connectivity index (χ1) is 37.0. The molecule has 9 aliphatic rings. The zero-order chi connectivity index (χ0) is 52.7. The van der Waals surface area contributed by atoms with E-state index in [1.807, 2.05) is 25.3 Å². The standard InChI is InChI=1S/C64H86N4O8/c1-5-41-19-21-48-49(16-10-30-69)51-17-8-27-64(51)47-34-53(59-57(35-47)75-61(40-65-2)37-44(13-11-31-74-59)45(38-61)39-63(72)28-25-43-12-6-18-55(43)76-63)68-60(66-3)67-29-9-15-46-14-7-26-62(46,58(71)24-22-52(64)50(48)32-41)36-42-20-23-54(70)56(33-42)73-4/h20,22-24,33-35,41,43-46,48-52,55,65,69-70,72H,5-8,10,12-19,21,25-28,30,32,36-40H2,1-4H3,(H2,66,67,68). The molecule has 11 rings (SSSR count). The van der Waals surface area contributed by atoms with Crippen molar-refractivity contribution in [2.75, 3.05) is 39.7 Å². The van der Waals surface area contributed by atoms with Crippen LogP contribution in [0, 0.1) is 88.6 Å². The van der Waals surface area contributed by atoms with E-state index in [1.165, 1.54) is 31.2 Å². The van der Waals surface area contributed by atoms with E-state index in [4.69, 9.17) is 23.9 Å². The molecule has 15 unspecified atom stereocenters. The van der Waals surface area contributed by atoms with Crippen LogP contribution in [-0.2, 0) is 21.4 Å². The van der Waals surface area contributed by atoms with Crippen molar-refractivity contribution in [1.29, 1.82) is 0 Å². The molecule has 2 aromatic carbocycles. The van der Waals surface area contributed by atoms with Crippen LogP contribution in [0.2, 0.25) is 0 Å². The number of guanidine groups is 1. The summed E-state index contributed by atoms with van der Waals surface area (Å²) in [4.78, 5) is 20.5. The summed E-state index contributed by atoms with van der Waals surface area (Å²) in [6.45, 7) is 3.13. The van der Waals surface area contributed by atoms with Crippen molar-refractivity contribution in [1.82, 2.24) is 10.6 Å². The molecule has 0 aromatic heterocycles. The summed E-state index contributed by atoms with van der Waals surface area (Å²) in [6.07, 6.45) is 28.5. The molecule has 76 heavy (non-hydrogen) atoms. The number of nitrogens with zero attached hydrogens (tertiary/aromatic N) is 1. The third-order valence-corrected chi connectivity index (χ3v) is 21.4. The van der Waals surface area contributed by atoms with E-state index in [1.54, 1.807) is 20.2 Å². The smallest absolute Gasteiger partial charge is 0.207 e. The highest BCUT2D eigenvalue weighted by molar-refractivity contribution is 5.97. The lowest BCUT2D eigenvalue weighted by atomic mass is 9.45. The number of aliphatic imine (C=N–C) groups is 1. The summed E-state index contributed by atoms with van der Waals surface area (Å²) in [6, 6.07) is 13.4. The molecule has 4 bridgehead atoms. The molecule has 0 amide bonds. The van der Waals surface area contributed by atoms with Gasteiger partial charge < -0.3 is 44.9 Å². The molecular formula is C64H86N4O8. The molecule has 410 valence electrons. The number of phenolic OH excluding ortho intramolecular Hbond substituents is 1. The van der Waals surface area contributed by atoms with Crippen LogP contribution in [0.25, 0.3) is 0 Å². The summed E-state index contributed by atoms with van der Waals surface area (Å²) in [7, 11) is 5.33. The first-order valence-corrected chi connectivity index (χ1v) is 29.7. The predicted molar refractivity (Wildman–Crippen MR) is 296 cm³/mol. The van der Waals surface area contributed by atoms with E-state index in [2.05, 4.69) is 65.1 Å². The zero-order valence-corrected chi connectivity index (χ0v) is 45.9. The maximum absolute atomic E-state index is 15.8. The Balaban J connectivity index is 1.06. The van der Waals surface area contributed by atoms with Gasteiger partial charge in [-0.3, -0.25) is 15.1 Å². The fourth-order valence-corrected chi connectivity index (χ4v) is 18.1. The minimum absolute atomic E-state index is 0.0120. The second-order valence-corrected chi connectivity index (χ2v) is 25.2. The number of benzene rings is 2. The van der Waals surface area contributed by atoms with E-state index in [9.17, 15) is 15.3 Å². The van der Waals surface area contributed by atoms with Gasteiger partial charge in [-0.05, 0) is 198 Å². The number of nitrogens with one attached hydrogen (secondary N) is 3. The number of hydrogen-bond donors (Lipinski definition) is 6. The van der Waals surface area contributed by atoms with Gasteiger partial charge in [0, 0.05) is 62.8 Å². The lowest BCUT2D eigenvalue weighted by Gasteiger charge is -2.59. The molecule has 7 fully saturated rings. The number of allylic oxidation sites excluding steroid dienone is 2. The topological polar surface area (TPSA) is 163 Å². The zero-order valence-electron chi connectivity index (χ0n) is 45.9. The predicted octanol–water partition coefficient (Wildman–Crippen LogP) is 10.6. The summed E-state index contributed by atoms with van der Waals surface area (Å²) < 4.78 is 26.6.